The Balaban J connectivity index is 3.17. The Morgan fingerprint density at radius 1 is 1.67 bits per heavy atom. The molecule has 0 aromatic carbocycles. The predicted octanol–water partition coefficient (Wildman–Crippen LogP) is 1.90. The fourth-order valence-electron chi connectivity index (χ4n) is 0.0769. The minimum absolute atomic E-state index is 0.879. The van der Waals surface area contributed by atoms with Crippen LogP contribution in [-0.2, 0) is 14.6 Å². The second-order valence-corrected chi connectivity index (χ2v) is 1.84. The van der Waals surface area contributed by atoms with Gasteiger partial charge in [-0.2, -0.15) is 0 Å². The van der Waals surface area contributed by atoms with Gasteiger partial charge in [-0.1, -0.05) is 0 Å². The maximum atomic E-state index is 4.96. The molecule has 0 spiro atoms. The standard InChI is InChI=1S/C4H4P.Ni/c1-2-3-4-5;/h1-4H;/q-1;/b4-3-;. The Kier molecular flexibility index (Phi) is 5.51. The van der Waals surface area contributed by atoms with Crippen LogP contribution < -0.4 is 0 Å². The van der Waals surface area contributed by atoms with E-state index in [0.717, 1.165) is 6.91 Å². The van der Waals surface area contributed by atoms with Crippen LogP contribution in [0.4, 0.5) is 0 Å². The molecule has 0 amide bonds. The molecule has 0 unspecified atom stereocenters. The molecule has 0 fully saturated rings. The van der Waals surface area contributed by atoms with Crippen LogP contribution >= 0.6 is 6.91 Å². The molecule has 0 N–H and O–H groups in total. The Labute approximate surface area is 46.6 Å². The van der Waals surface area contributed by atoms with E-state index in [4.69, 9.17) is 6.58 Å². The number of hydrogen-bond donors (Lipinski definition) is 0. The molecule has 0 nitrogen and oxygen atoms in total. The molecule has 2 heteroatoms. The van der Waals surface area contributed by atoms with Gasteiger partial charge >= 0.3 is 46.0 Å². The van der Waals surface area contributed by atoms with Gasteiger partial charge in [0, 0.05) is 0 Å². The molecular weight excluding hydrogens is 138 g/mol. The second kappa shape index (κ2) is 5.27. The summed E-state index contributed by atoms with van der Waals surface area (Å²) in [6.07, 6.45) is 3.19. The number of rotatable bonds is 2. The van der Waals surface area contributed by atoms with Crippen molar-refractivity contribution < 1.29 is 14.6 Å². The van der Waals surface area contributed by atoms with Crippen molar-refractivity contribution in [2.24, 2.45) is 0 Å². The monoisotopic (exact) mass is 141 g/mol. The van der Waals surface area contributed by atoms with Crippen molar-refractivity contribution in [2.45, 2.75) is 0 Å². The number of hydrogen-bond acceptors (Lipinski definition) is 0. The first-order valence-corrected chi connectivity index (χ1v) is 3.52. The van der Waals surface area contributed by atoms with Crippen LogP contribution in [0, 0.1) is 6.58 Å². The molecular formula is C4H4NiP-. The fraction of sp³-hybridized carbons (Fsp3) is 0. The van der Waals surface area contributed by atoms with Crippen LogP contribution in [0.25, 0.3) is 0 Å². The number of allylic oxidation sites excluding steroid dienone is 2. The first kappa shape index (κ1) is 6.27. The third-order valence-corrected chi connectivity index (χ3v) is 0.952. The summed E-state index contributed by atoms with van der Waals surface area (Å²) in [7, 11) is 0. The molecule has 0 heterocycles. The quantitative estimate of drug-likeness (QED) is 0.239. The second-order valence-electron chi connectivity index (χ2n) is 0.616. The van der Waals surface area contributed by atoms with E-state index < -0.39 is 0 Å². The van der Waals surface area contributed by atoms with E-state index in [1.807, 2.05) is 0 Å². The average molecular weight is 142 g/mol. The van der Waals surface area contributed by atoms with E-state index in [1.165, 1.54) is 6.08 Å². The van der Waals surface area contributed by atoms with Gasteiger partial charge in [0.15, 0.2) is 0 Å². The van der Waals surface area contributed by atoms with Gasteiger partial charge in [-0.25, -0.2) is 0 Å². The first-order chi connectivity index (χ1) is 2.91. The van der Waals surface area contributed by atoms with E-state index in [1.54, 1.807) is 11.9 Å². The summed E-state index contributed by atoms with van der Waals surface area (Å²) >= 11 is 4.28. The van der Waals surface area contributed by atoms with Gasteiger partial charge in [0.25, 0.3) is 0 Å². The molecule has 36 valence electrons. The zero-order valence-corrected chi connectivity index (χ0v) is 4.95. The Morgan fingerprint density at radius 2 is 2.33 bits per heavy atom. The predicted molar refractivity (Wildman–Crippen MR) is 24.9 cm³/mol. The molecule has 0 saturated carbocycles. The fourth-order valence-corrected chi connectivity index (χ4v) is 0.486. The van der Waals surface area contributed by atoms with Crippen molar-refractivity contribution in [2.75, 3.05) is 0 Å². The molecule has 0 saturated heterocycles. The van der Waals surface area contributed by atoms with Crippen LogP contribution in [0.15, 0.2) is 18.0 Å². The van der Waals surface area contributed by atoms with Crippen LogP contribution in [0.5, 0.6) is 0 Å². The van der Waals surface area contributed by atoms with Crippen LogP contribution in [-0.4, -0.2) is 0 Å². The topological polar surface area (TPSA) is 0 Å². The van der Waals surface area contributed by atoms with Crippen LogP contribution in [0.3, 0.4) is 0 Å². The van der Waals surface area contributed by atoms with Crippen molar-refractivity contribution in [1.82, 2.24) is 0 Å². The third-order valence-electron chi connectivity index (χ3n) is 0.244. The summed E-state index contributed by atoms with van der Waals surface area (Å²) < 4.78 is 0. The van der Waals surface area contributed by atoms with E-state index >= 15 is 0 Å². The Bertz CT molecular complexity index is 65.6. The maximum absolute atomic E-state index is 4.96. The molecule has 0 aromatic heterocycles. The van der Waals surface area contributed by atoms with Crippen molar-refractivity contribution in [3.05, 3.63) is 24.5 Å². The summed E-state index contributed by atoms with van der Waals surface area (Å²) in [6, 6.07) is 0. The molecule has 0 bridgehead atoms. The minimum atomic E-state index is 0.879. The molecule has 6 heavy (non-hydrogen) atoms. The van der Waals surface area contributed by atoms with Gasteiger partial charge < -0.3 is 0 Å². The van der Waals surface area contributed by atoms with Crippen molar-refractivity contribution in [3.63, 3.8) is 0 Å². The summed E-state index contributed by atoms with van der Waals surface area (Å²) in [4.78, 5) is 0. The summed E-state index contributed by atoms with van der Waals surface area (Å²) in [5, 5.41) is 0. The Morgan fingerprint density at radius 3 is 2.50 bits per heavy atom. The van der Waals surface area contributed by atoms with Gasteiger partial charge in [-0.3, -0.25) is 0 Å². The normalized spacial score (nSPS) is 10.3. The van der Waals surface area contributed by atoms with Crippen LogP contribution in [0.2, 0.25) is 0 Å². The third kappa shape index (κ3) is 4.27. The molecule has 0 aliphatic rings. The van der Waals surface area contributed by atoms with Crippen molar-refractivity contribution >= 4 is 6.91 Å². The summed E-state index contributed by atoms with van der Waals surface area (Å²) in [5.74, 6) is 1.81. The van der Waals surface area contributed by atoms with E-state index in [-0.39, 0.29) is 0 Å². The first-order valence-electron chi connectivity index (χ1n) is 1.40. The molecule has 0 aliphatic heterocycles. The van der Waals surface area contributed by atoms with E-state index in [0.29, 0.717) is 0 Å². The summed E-state index contributed by atoms with van der Waals surface area (Å²) in [6.45, 7) is 5.84. The molecule has 0 radical (unpaired) electrons. The molecule has 0 atom stereocenters. The summed E-state index contributed by atoms with van der Waals surface area (Å²) in [5.41, 5.74) is 0. The molecule has 0 rings (SSSR count). The van der Waals surface area contributed by atoms with Gasteiger partial charge in [0.2, 0.25) is 0 Å². The molecule has 0 aromatic rings. The molecule has 0 aliphatic carbocycles. The van der Waals surface area contributed by atoms with Crippen molar-refractivity contribution in [3.8, 4) is 0 Å². The van der Waals surface area contributed by atoms with Crippen LogP contribution in [0.1, 0.15) is 0 Å². The van der Waals surface area contributed by atoms with Gasteiger partial charge in [-0.05, 0) is 0 Å². The zero-order chi connectivity index (χ0) is 4.83. The van der Waals surface area contributed by atoms with Gasteiger partial charge in [-0.15, -0.1) is 0 Å². The van der Waals surface area contributed by atoms with Crippen molar-refractivity contribution in [1.29, 1.82) is 0 Å². The van der Waals surface area contributed by atoms with E-state index in [2.05, 4.69) is 14.6 Å². The van der Waals surface area contributed by atoms with Gasteiger partial charge in [0.05, 0.1) is 0 Å². The van der Waals surface area contributed by atoms with Gasteiger partial charge in [0.1, 0.15) is 0 Å². The van der Waals surface area contributed by atoms with E-state index in [9.17, 15) is 0 Å². The zero-order valence-electron chi connectivity index (χ0n) is 3.07. The Hall–Kier alpha value is 0.274. The SMILES string of the molecule is [CH-]=C/C=C\[P]=[Ni]. The average Bonchev–Trinajstić information content (AvgIpc) is 1.61.